The molecule has 0 bridgehead atoms. The third-order valence-electron chi connectivity index (χ3n) is 3.62. The number of carbonyl (C=O) groups is 1. The van der Waals surface area contributed by atoms with Crippen LogP contribution < -0.4 is 0 Å². The van der Waals surface area contributed by atoms with Crippen LogP contribution in [0.5, 0.6) is 0 Å². The summed E-state index contributed by atoms with van der Waals surface area (Å²) in [4.78, 5) is 16.9. The van der Waals surface area contributed by atoms with Crippen LogP contribution in [0.3, 0.4) is 0 Å². The van der Waals surface area contributed by atoms with E-state index >= 15 is 0 Å². The maximum absolute atomic E-state index is 12.1. The van der Waals surface area contributed by atoms with Gasteiger partial charge in [-0.3, -0.25) is 4.98 Å². The van der Waals surface area contributed by atoms with Crippen molar-refractivity contribution in [3.05, 3.63) is 28.6 Å². The van der Waals surface area contributed by atoms with Gasteiger partial charge in [-0.1, -0.05) is 20.3 Å². The third-order valence-corrected chi connectivity index (χ3v) is 3.62. The summed E-state index contributed by atoms with van der Waals surface area (Å²) in [5.41, 5.74) is 3.98. The number of hydrogen-bond acceptors (Lipinski definition) is 3. The molecule has 0 atom stereocenters. The summed E-state index contributed by atoms with van der Waals surface area (Å²) in [7, 11) is 0. The molecule has 0 radical (unpaired) electrons. The molecule has 3 nitrogen and oxygen atoms in total. The highest BCUT2D eigenvalue weighted by atomic mass is 16.5. The second-order valence-electron chi connectivity index (χ2n) is 5.46. The predicted octanol–water partition coefficient (Wildman–Crippen LogP) is 3.65. The normalized spacial score (nSPS) is 14.9. The molecule has 0 amide bonds. The Kier molecular flexibility index (Phi) is 4.56. The highest BCUT2D eigenvalue weighted by Crippen LogP contribution is 2.26. The average Bonchev–Trinajstić information content (AvgIpc) is 2.61. The molecule has 0 aliphatic heterocycles. The van der Waals surface area contributed by atoms with Crippen molar-refractivity contribution in [3.8, 4) is 0 Å². The molecule has 1 aliphatic carbocycles. The Morgan fingerprint density at radius 3 is 2.74 bits per heavy atom. The first-order chi connectivity index (χ1) is 9.13. The van der Waals surface area contributed by atoms with Crippen LogP contribution in [-0.4, -0.2) is 17.6 Å². The molecule has 0 saturated heterocycles. The summed E-state index contributed by atoms with van der Waals surface area (Å²) in [5, 5.41) is 0. The number of hydrogen-bond donors (Lipinski definition) is 0. The molecule has 3 heteroatoms. The topological polar surface area (TPSA) is 39.2 Å². The molecule has 0 aromatic carbocycles. The molecule has 1 aromatic rings. The molecule has 0 N–H and O–H groups in total. The minimum atomic E-state index is -0.231. The first kappa shape index (κ1) is 14.0. The Labute approximate surface area is 115 Å². The molecule has 104 valence electrons. The van der Waals surface area contributed by atoms with Crippen molar-refractivity contribution in [2.75, 3.05) is 6.61 Å². The van der Waals surface area contributed by atoms with Crippen LogP contribution in [0, 0.1) is 0 Å². The minimum Gasteiger partial charge on any atom is -0.462 e. The van der Waals surface area contributed by atoms with E-state index in [2.05, 4.69) is 13.8 Å². The van der Waals surface area contributed by atoms with Crippen molar-refractivity contribution in [2.24, 2.45) is 0 Å². The number of pyridine rings is 1. The summed E-state index contributed by atoms with van der Waals surface area (Å²) >= 11 is 0. The molecule has 0 unspecified atom stereocenters. The van der Waals surface area contributed by atoms with Crippen LogP contribution in [-0.2, 0) is 17.6 Å². The van der Waals surface area contributed by atoms with E-state index in [4.69, 9.17) is 9.72 Å². The Bertz CT molecular complexity index is 466. The van der Waals surface area contributed by atoms with Crippen LogP contribution in [0.25, 0.3) is 0 Å². The summed E-state index contributed by atoms with van der Waals surface area (Å²) in [6, 6.07) is 2.03. The van der Waals surface area contributed by atoms with Crippen molar-refractivity contribution in [1.82, 2.24) is 4.98 Å². The second-order valence-corrected chi connectivity index (χ2v) is 5.46. The van der Waals surface area contributed by atoms with Gasteiger partial charge in [-0.25, -0.2) is 4.79 Å². The number of ether oxygens (including phenoxy) is 1. The van der Waals surface area contributed by atoms with E-state index in [-0.39, 0.29) is 11.9 Å². The molecule has 19 heavy (non-hydrogen) atoms. The third kappa shape index (κ3) is 3.14. The first-order valence-electron chi connectivity index (χ1n) is 7.33. The lowest BCUT2D eigenvalue weighted by Gasteiger charge is -2.15. The van der Waals surface area contributed by atoms with E-state index in [1.807, 2.05) is 13.0 Å². The first-order valence-corrected chi connectivity index (χ1v) is 7.33. The molecular formula is C16H23NO2. The SMILES string of the molecule is CCOC(=O)c1cc2c(nc1C(C)C)CCCCC2. The van der Waals surface area contributed by atoms with Gasteiger partial charge < -0.3 is 4.74 Å². The molecule has 1 aromatic heterocycles. The van der Waals surface area contributed by atoms with E-state index in [0.29, 0.717) is 12.2 Å². The molecular weight excluding hydrogens is 238 g/mol. The lowest BCUT2D eigenvalue weighted by atomic mass is 9.98. The number of fused-ring (bicyclic) bond motifs is 1. The predicted molar refractivity (Wildman–Crippen MR) is 75.5 cm³/mol. The highest BCUT2D eigenvalue weighted by Gasteiger charge is 2.20. The fourth-order valence-electron chi connectivity index (χ4n) is 2.64. The van der Waals surface area contributed by atoms with Crippen LogP contribution in [0.2, 0.25) is 0 Å². The molecule has 0 saturated carbocycles. The van der Waals surface area contributed by atoms with Gasteiger partial charge in [0.2, 0.25) is 0 Å². The number of rotatable bonds is 3. The Morgan fingerprint density at radius 1 is 1.32 bits per heavy atom. The summed E-state index contributed by atoms with van der Waals surface area (Å²) < 4.78 is 5.16. The van der Waals surface area contributed by atoms with E-state index in [1.165, 1.54) is 30.5 Å². The van der Waals surface area contributed by atoms with Crippen LogP contribution in [0.15, 0.2) is 6.07 Å². The lowest BCUT2D eigenvalue weighted by molar-refractivity contribution is 0.0524. The number of aryl methyl sites for hydroxylation is 2. The fourth-order valence-corrected chi connectivity index (χ4v) is 2.64. The summed E-state index contributed by atoms with van der Waals surface area (Å²) in [6.07, 6.45) is 5.72. The van der Waals surface area contributed by atoms with Gasteiger partial charge in [-0.15, -0.1) is 0 Å². The monoisotopic (exact) mass is 261 g/mol. The van der Waals surface area contributed by atoms with E-state index in [0.717, 1.165) is 18.5 Å². The van der Waals surface area contributed by atoms with Gasteiger partial charge in [-0.2, -0.15) is 0 Å². The summed E-state index contributed by atoms with van der Waals surface area (Å²) in [5.74, 6) is 0.0127. The maximum Gasteiger partial charge on any atom is 0.339 e. The highest BCUT2D eigenvalue weighted by molar-refractivity contribution is 5.91. The van der Waals surface area contributed by atoms with E-state index in [9.17, 15) is 4.79 Å². The molecule has 2 rings (SSSR count). The second kappa shape index (κ2) is 6.18. The zero-order valence-electron chi connectivity index (χ0n) is 12.2. The molecule has 0 spiro atoms. The van der Waals surface area contributed by atoms with Gasteiger partial charge in [0.25, 0.3) is 0 Å². The Balaban J connectivity index is 2.45. The van der Waals surface area contributed by atoms with Crippen LogP contribution in [0.4, 0.5) is 0 Å². The van der Waals surface area contributed by atoms with Gasteiger partial charge in [-0.05, 0) is 50.2 Å². The van der Waals surface area contributed by atoms with Crippen molar-refractivity contribution in [3.63, 3.8) is 0 Å². The van der Waals surface area contributed by atoms with Gasteiger partial charge in [0.05, 0.1) is 17.9 Å². The fraction of sp³-hybridized carbons (Fsp3) is 0.625. The van der Waals surface area contributed by atoms with Gasteiger partial charge in [0, 0.05) is 5.69 Å². The van der Waals surface area contributed by atoms with Gasteiger partial charge in [0.15, 0.2) is 0 Å². The standard InChI is InChI=1S/C16H23NO2/c1-4-19-16(18)13-10-12-8-6-5-7-9-14(12)17-15(13)11(2)3/h10-11H,4-9H2,1-3H3. The quantitative estimate of drug-likeness (QED) is 0.616. The minimum absolute atomic E-state index is 0.231. The van der Waals surface area contributed by atoms with Crippen LogP contribution >= 0.6 is 0 Å². The van der Waals surface area contributed by atoms with Gasteiger partial charge in [0.1, 0.15) is 0 Å². The maximum atomic E-state index is 12.1. The number of nitrogens with zero attached hydrogens (tertiary/aromatic N) is 1. The van der Waals surface area contributed by atoms with Crippen molar-refractivity contribution in [2.45, 2.75) is 58.8 Å². The van der Waals surface area contributed by atoms with Crippen molar-refractivity contribution < 1.29 is 9.53 Å². The average molecular weight is 261 g/mol. The molecule has 1 aliphatic rings. The summed E-state index contributed by atoms with van der Waals surface area (Å²) in [6.45, 7) is 6.40. The number of carbonyl (C=O) groups excluding carboxylic acids is 1. The smallest absolute Gasteiger partial charge is 0.339 e. The Morgan fingerprint density at radius 2 is 2.05 bits per heavy atom. The van der Waals surface area contributed by atoms with Crippen molar-refractivity contribution in [1.29, 1.82) is 0 Å². The largest absolute Gasteiger partial charge is 0.462 e. The number of esters is 1. The zero-order valence-corrected chi connectivity index (χ0v) is 12.2. The number of aromatic nitrogens is 1. The van der Waals surface area contributed by atoms with Gasteiger partial charge >= 0.3 is 5.97 Å². The molecule has 1 heterocycles. The van der Waals surface area contributed by atoms with Crippen LogP contribution in [0.1, 0.15) is 73.3 Å². The molecule has 0 fully saturated rings. The van der Waals surface area contributed by atoms with E-state index in [1.54, 1.807) is 0 Å². The Hall–Kier alpha value is -1.38. The van der Waals surface area contributed by atoms with Crippen molar-refractivity contribution >= 4 is 5.97 Å². The van der Waals surface area contributed by atoms with E-state index < -0.39 is 0 Å². The zero-order chi connectivity index (χ0) is 13.8. The lowest BCUT2D eigenvalue weighted by Crippen LogP contribution is -2.13.